The number of aromatic nitrogens is 5. The molecule has 4 aromatic rings. The van der Waals surface area contributed by atoms with E-state index in [9.17, 15) is 0 Å². The topological polar surface area (TPSA) is 113 Å². The summed E-state index contributed by atoms with van der Waals surface area (Å²) in [6, 6.07) is 13.4. The second-order valence-corrected chi connectivity index (χ2v) is 5.58. The largest absolute Gasteiger partial charge is 0.364 e. The molecule has 8 nitrogen and oxygen atoms in total. The van der Waals surface area contributed by atoms with E-state index in [0.29, 0.717) is 24.1 Å². The number of hydrogen-bond acceptors (Lipinski definition) is 8. The molecule has 0 atom stereocenters. The molecule has 130 valence electrons. The SMILES string of the molecule is N#Cc1nccnc1NCc1cccc(-c2nc(-c3ccncc3)no2)c1. The first-order chi connectivity index (χ1) is 13.3. The maximum Gasteiger partial charge on any atom is 0.258 e. The maximum atomic E-state index is 9.08. The molecular formula is C19H13N7O. The summed E-state index contributed by atoms with van der Waals surface area (Å²) in [5.74, 6) is 1.39. The van der Waals surface area contributed by atoms with Crippen molar-refractivity contribution in [3.63, 3.8) is 0 Å². The fourth-order valence-corrected chi connectivity index (χ4v) is 2.51. The maximum absolute atomic E-state index is 9.08. The Bertz CT molecular complexity index is 1100. The summed E-state index contributed by atoms with van der Waals surface area (Å²) in [6.07, 6.45) is 6.39. The van der Waals surface area contributed by atoms with Crippen LogP contribution in [-0.4, -0.2) is 25.1 Å². The first-order valence-electron chi connectivity index (χ1n) is 8.12. The minimum absolute atomic E-state index is 0.257. The predicted octanol–water partition coefficient (Wildman–Crippen LogP) is 3.07. The van der Waals surface area contributed by atoms with Crippen LogP contribution in [0.1, 0.15) is 11.3 Å². The Kier molecular flexibility index (Phi) is 4.49. The molecular weight excluding hydrogens is 342 g/mol. The van der Waals surface area contributed by atoms with Gasteiger partial charge < -0.3 is 9.84 Å². The number of nitrogens with zero attached hydrogens (tertiary/aromatic N) is 6. The van der Waals surface area contributed by atoms with E-state index in [-0.39, 0.29) is 5.69 Å². The van der Waals surface area contributed by atoms with E-state index in [4.69, 9.17) is 9.78 Å². The molecule has 0 saturated heterocycles. The molecule has 0 fully saturated rings. The first kappa shape index (κ1) is 16.4. The summed E-state index contributed by atoms with van der Waals surface area (Å²) in [7, 11) is 0. The van der Waals surface area contributed by atoms with Crippen molar-refractivity contribution in [2.75, 3.05) is 5.32 Å². The van der Waals surface area contributed by atoms with Gasteiger partial charge in [-0.15, -0.1) is 0 Å². The van der Waals surface area contributed by atoms with Crippen LogP contribution in [0.2, 0.25) is 0 Å². The quantitative estimate of drug-likeness (QED) is 0.581. The van der Waals surface area contributed by atoms with E-state index in [1.807, 2.05) is 42.5 Å². The Labute approximate surface area is 154 Å². The third kappa shape index (κ3) is 3.62. The molecule has 4 rings (SSSR count). The minimum Gasteiger partial charge on any atom is -0.364 e. The zero-order valence-electron chi connectivity index (χ0n) is 14.1. The number of nitriles is 1. The smallest absolute Gasteiger partial charge is 0.258 e. The summed E-state index contributed by atoms with van der Waals surface area (Å²) in [4.78, 5) is 16.6. The van der Waals surface area contributed by atoms with Crippen LogP contribution in [0.4, 0.5) is 5.82 Å². The van der Waals surface area contributed by atoms with E-state index in [1.54, 1.807) is 18.6 Å². The second kappa shape index (κ2) is 7.41. The molecule has 0 spiro atoms. The summed E-state index contributed by atoms with van der Waals surface area (Å²) >= 11 is 0. The highest BCUT2D eigenvalue weighted by Gasteiger charge is 2.11. The molecule has 0 aliphatic heterocycles. The average Bonchev–Trinajstić information content (AvgIpc) is 3.24. The van der Waals surface area contributed by atoms with E-state index in [2.05, 4.69) is 30.4 Å². The van der Waals surface area contributed by atoms with Gasteiger partial charge in [-0.1, -0.05) is 17.3 Å². The van der Waals surface area contributed by atoms with Crippen molar-refractivity contribution in [3.8, 4) is 28.9 Å². The molecule has 0 aliphatic carbocycles. The first-order valence-corrected chi connectivity index (χ1v) is 8.12. The van der Waals surface area contributed by atoms with Gasteiger partial charge in [-0.2, -0.15) is 10.2 Å². The van der Waals surface area contributed by atoms with Crippen LogP contribution < -0.4 is 5.32 Å². The van der Waals surface area contributed by atoms with Crippen molar-refractivity contribution >= 4 is 5.82 Å². The number of hydrogen-bond donors (Lipinski definition) is 1. The van der Waals surface area contributed by atoms with Crippen LogP contribution in [0, 0.1) is 11.3 Å². The van der Waals surface area contributed by atoms with Crippen LogP contribution in [0.15, 0.2) is 65.7 Å². The number of rotatable bonds is 5. The summed E-state index contributed by atoms with van der Waals surface area (Å²) in [5.41, 5.74) is 2.88. The van der Waals surface area contributed by atoms with E-state index >= 15 is 0 Å². The van der Waals surface area contributed by atoms with Crippen molar-refractivity contribution in [2.24, 2.45) is 0 Å². The lowest BCUT2D eigenvalue weighted by Gasteiger charge is -2.07. The Morgan fingerprint density at radius 3 is 2.70 bits per heavy atom. The number of benzene rings is 1. The molecule has 0 saturated carbocycles. The van der Waals surface area contributed by atoms with Gasteiger partial charge in [0.25, 0.3) is 5.89 Å². The van der Waals surface area contributed by atoms with Gasteiger partial charge in [-0.05, 0) is 29.8 Å². The zero-order chi connectivity index (χ0) is 18.5. The monoisotopic (exact) mass is 355 g/mol. The van der Waals surface area contributed by atoms with Crippen LogP contribution in [0.3, 0.4) is 0 Å². The van der Waals surface area contributed by atoms with Crippen molar-refractivity contribution in [1.82, 2.24) is 25.1 Å². The third-order valence-electron chi connectivity index (χ3n) is 3.80. The molecule has 0 unspecified atom stereocenters. The lowest BCUT2D eigenvalue weighted by molar-refractivity contribution is 0.432. The number of pyridine rings is 1. The Morgan fingerprint density at radius 2 is 1.85 bits per heavy atom. The molecule has 0 bridgehead atoms. The lowest BCUT2D eigenvalue weighted by Crippen LogP contribution is -2.04. The van der Waals surface area contributed by atoms with Crippen LogP contribution in [-0.2, 0) is 6.54 Å². The van der Waals surface area contributed by atoms with Gasteiger partial charge in [-0.25, -0.2) is 9.97 Å². The highest BCUT2D eigenvalue weighted by atomic mass is 16.5. The highest BCUT2D eigenvalue weighted by molar-refractivity contribution is 5.60. The standard InChI is InChI=1S/C19H13N7O/c20-11-16-18(23-9-8-22-16)24-12-13-2-1-3-15(10-13)19-25-17(26-27-19)14-4-6-21-7-5-14/h1-10H,12H2,(H,23,24). The fraction of sp³-hybridized carbons (Fsp3) is 0.0526. The summed E-state index contributed by atoms with van der Waals surface area (Å²) in [5, 5.41) is 16.2. The van der Waals surface area contributed by atoms with Gasteiger partial charge >= 0.3 is 0 Å². The van der Waals surface area contributed by atoms with Gasteiger partial charge in [0.05, 0.1) is 0 Å². The van der Waals surface area contributed by atoms with E-state index in [1.165, 1.54) is 6.20 Å². The lowest BCUT2D eigenvalue weighted by atomic mass is 10.1. The van der Waals surface area contributed by atoms with Gasteiger partial charge in [0.2, 0.25) is 5.82 Å². The number of nitrogens with one attached hydrogen (secondary N) is 1. The highest BCUT2D eigenvalue weighted by Crippen LogP contribution is 2.23. The van der Waals surface area contributed by atoms with Crippen molar-refractivity contribution in [1.29, 1.82) is 5.26 Å². The van der Waals surface area contributed by atoms with Crippen molar-refractivity contribution in [3.05, 3.63) is 72.4 Å². The molecule has 0 radical (unpaired) electrons. The molecule has 1 N–H and O–H groups in total. The van der Waals surface area contributed by atoms with Gasteiger partial charge in [-0.3, -0.25) is 4.98 Å². The molecule has 0 aliphatic rings. The zero-order valence-corrected chi connectivity index (χ0v) is 14.1. The summed E-state index contributed by atoms with van der Waals surface area (Å²) in [6.45, 7) is 0.479. The summed E-state index contributed by atoms with van der Waals surface area (Å²) < 4.78 is 5.39. The van der Waals surface area contributed by atoms with Crippen molar-refractivity contribution < 1.29 is 4.52 Å². The molecule has 1 aromatic carbocycles. The third-order valence-corrected chi connectivity index (χ3v) is 3.80. The van der Waals surface area contributed by atoms with Crippen LogP contribution in [0.25, 0.3) is 22.8 Å². The normalized spacial score (nSPS) is 10.3. The average molecular weight is 355 g/mol. The Morgan fingerprint density at radius 1 is 1.00 bits per heavy atom. The molecule has 3 aromatic heterocycles. The van der Waals surface area contributed by atoms with E-state index in [0.717, 1.165) is 16.7 Å². The fourth-order valence-electron chi connectivity index (χ4n) is 2.51. The Hall–Kier alpha value is -4.12. The number of anilines is 1. The van der Waals surface area contributed by atoms with E-state index < -0.39 is 0 Å². The van der Waals surface area contributed by atoms with Gasteiger partial charge in [0, 0.05) is 42.5 Å². The van der Waals surface area contributed by atoms with Crippen LogP contribution >= 0.6 is 0 Å². The molecule has 27 heavy (non-hydrogen) atoms. The van der Waals surface area contributed by atoms with Gasteiger partial charge in [0.1, 0.15) is 6.07 Å². The van der Waals surface area contributed by atoms with Gasteiger partial charge in [0.15, 0.2) is 11.5 Å². The minimum atomic E-state index is 0.257. The molecule has 0 amide bonds. The molecule has 8 heteroatoms. The Balaban J connectivity index is 1.53. The predicted molar refractivity (Wildman–Crippen MR) is 97.0 cm³/mol. The van der Waals surface area contributed by atoms with Crippen molar-refractivity contribution in [2.45, 2.75) is 6.54 Å². The second-order valence-electron chi connectivity index (χ2n) is 5.58. The molecule has 3 heterocycles. The van der Waals surface area contributed by atoms with Crippen LogP contribution in [0.5, 0.6) is 0 Å².